The topological polar surface area (TPSA) is 60.0 Å². The van der Waals surface area contributed by atoms with Crippen molar-refractivity contribution in [3.63, 3.8) is 0 Å². The summed E-state index contributed by atoms with van der Waals surface area (Å²) in [7, 11) is 4.79. The zero-order valence-electron chi connectivity index (χ0n) is 9.74. The minimum atomic E-state index is 0.289. The number of benzene rings is 1. The van der Waals surface area contributed by atoms with E-state index in [9.17, 15) is 0 Å². The second kappa shape index (κ2) is 6.32. The van der Waals surface area contributed by atoms with Crippen molar-refractivity contribution in [2.24, 2.45) is 0 Å². The Bertz CT molecular complexity index is 314. The summed E-state index contributed by atoms with van der Waals surface area (Å²) in [5.74, 6) is 1.40. The second-order valence-electron chi connectivity index (χ2n) is 3.25. The molecule has 5 heteroatoms. The first-order valence-corrected chi connectivity index (χ1v) is 4.86. The van der Waals surface area contributed by atoms with Crippen molar-refractivity contribution < 1.29 is 19.4 Å². The maximum Gasteiger partial charge on any atom is 0.129 e. The van der Waals surface area contributed by atoms with Crippen LogP contribution in [-0.4, -0.2) is 26.5 Å². The van der Waals surface area contributed by atoms with Crippen LogP contribution in [0, 0.1) is 0 Å². The van der Waals surface area contributed by atoms with Gasteiger partial charge in [-0.15, -0.1) is 0 Å². The van der Waals surface area contributed by atoms with Gasteiger partial charge in [-0.05, 0) is 12.1 Å². The van der Waals surface area contributed by atoms with Crippen molar-refractivity contribution in [2.45, 2.75) is 13.2 Å². The van der Waals surface area contributed by atoms with Crippen LogP contribution in [-0.2, 0) is 17.9 Å². The fourth-order valence-corrected chi connectivity index (χ4v) is 1.58. The maximum absolute atomic E-state index is 8.75. The summed E-state index contributed by atoms with van der Waals surface area (Å²) in [6.07, 6.45) is 0. The lowest BCUT2D eigenvalue weighted by Gasteiger charge is -2.14. The fraction of sp³-hybridized carbons (Fsp3) is 0.455. The van der Waals surface area contributed by atoms with Gasteiger partial charge in [0.25, 0.3) is 0 Å². The van der Waals surface area contributed by atoms with Gasteiger partial charge in [0.05, 0.1) is 20.8 Å². The van der Waals surface area contributed by atoms with Crippen molar-refractivity contribution in [3.05, 3.63) is 23.3 Å². The minimum absolute atomic E-state index is 0.289. The average Bonchev–Trinajstić information content (AvgIpc) is 2.29. The van der Waals surface area contributed by atoms with Crippen molar-refractivity contribution >= 4 is 0 Å². The molecule has 0 bridgehead atoms. The molecule has 0 heterocycles. The molecule has 0 aromatic heterocycles. The molecule has 0 spiro atoms. The Morgan fingerprint density at radius 1 is 1.12 bits per heavy atom. The van der Waals surface area contributed by atoms with Gasteiger partial charge in [0.1, 0.15) is 11.5 Å². The first-order valence-electron chi connectivity index (χ1n) is 4.86. The summed E-state index contributed by atoms with van der Waals surface area (Å²) in [6, 6.07) is 3.66. The Hall–Kier alpha value is -1.30. The highest BCUT2D eigenvalue weighted by molar-refractivity contribution is 5.47. The summed E-state index contributed by atoms with van der Waals surface area (Å²) in [4.78, 5) is 0. The van der Waals surface area contributed by atoms with Crippen molar-refractivity contribution in [3.8, 4) is 11.5 Å². The van der Waals surface area contributed by atoms with E-state index >= 15 is 0 Å². The molecular weight excluding hydrogens is 210 g/mol. The lowest BCUT2D eigenvalue weighted by Crippen LogP contribution is -2.09. The molecule has 16 heavy (non-hydrogen) atoms. The SMILES string of the molecule is COCc1cc(OC)cc(CNO)c1OC. The van der Waals surface area contributed by atoms with Crippen molar-refractivity contribution in [1.29, 1.82) is 0 Å². The van der Waals surface area contributed by atoms with E-state index in [1.165, 1.54) is 0 Å². The molecule has 90 valence electrons. The van der Waals surface area contributed by atoms with E-state index in [4.69, 9.17) is 19.4 Å². The Kier molecular flexibility index (Phi) is 5.04. The number of hydrogen-bond donors (Lipinski definition) is 2. The summed E-state index contributed by atoms with van der Waals surface area (Å²) in [6.45, 7) is 0.718. The van der Waals surface area contributed by atoms with Gasteiger partial charge in [0.2, 0.25) is 0 Å². The third kappa shape index (κ3) is 2.85. The summed E-state index contributed by atoms with van der Waals surface area (Å²) >= 11 is 0. The third-order valence-electron chi connectivity index (χ3n) is 2.23. The molecule has 0 saturated heterocycles. The van der Waals surface area contributed by atoms with Gasteiger partial charge in [0, 0.05) is 24.8 Å². The predicted molar refractivity (Wildman–Crippen MR) is 58.9 cm³/mol. The standard InChI is InChI=1S/C11H17NO4/c1-14-7-9-5-10(15-2)4-8(6-12-13)11(9)16-3/h4-5,12-13H,6-7H2,1-3H3. The van der Waals surface area contributed by atoms with E-state index in [2.05, 4.69) is 5.48 Å². The maximum atomic E-state index is 8.75. The van der Waals surface area contributed by atoms with Crippen LogP contribution in [0.2, 0.25) is 0 Å². The van der Waals surface area contributed by atoms with Crippen molar-refractivity contribution in [1.82, 2.24) is 5.48 Å². The van der Waals surface area contributed by atoms with Gasteiger partial charge in [-0.1, -0.05) is 0 Å². The molecule has 0 fully saturated rings. The van der Waals surface area contributed by atoms with Crippen molar-refractivity contribution in [2.75, 3.05) is 21.3 Å². The molecule has 0 aliphatic heterocycles. The number of nitrogens with one attached hydrogen (secondary N) is 1. The quantitative estimate of drug-likeness (QED) is 0.718. The van der Waals surface area contributed by atoms with E-state index < -0.39 is 0 Å². The molecule has 1 aromatic rings. The van der Waals surface area contributed by atoms with Crippen LogP contribution in [0.3, 0.4) is 0 Å². The largest absolute Gasteiger partial charge is 0.497 e. The smallest absolute Gasteiger partial charge is 0.129 e. The predicted octanol–water partition coefficient (Wildman–Crippen LogP) is 1.33. The van der Waals surface area contributed by atoms with Crippen LogP contribution < -0.4 is 15.0 Å². The van der Waals surface area contributed by atoms with Gasteiger partial charge in [0.15, 0.2) is 0 Å². The van der Waals surface area contributed by atoms with E-state index in [1.807, 2.05) is 6.07 Å². The summed E-state index contributed by atoms with van der Waals surface area (Å²) < 4.78 is 15.5. The lowest BCUT2D eigenvalue weighted by atomic mass is 10.1. The van der Waals surface area contributed by atoms with Crippen LogP contribution >= 0.6 is 0 Å². The third-order valence-corrected chi connectivity index (χ3v) is 2.23. The molecule has 0 saturated carbocycles. The van der Waals surface area contributed by atoms with Crippen LogP contribution in [0.4, 0.5) is 0 Å². The Morgan fingerprint density at radius 3 is 2.31 bits per heavy atom. The molecule has 1 rings (SSSR count). The van der Waals surface area contributed by atoms with Gasteiger partial charge >= 0.3 is 0 Å². The normalized spacial score (nSPS) is 10.2. The molecule has 0 unspecified atom stereocenters. The number of hydroxylamine groups is 1. The Morgan fingerprint density at radius 2 is 1.81 bits per heavy atom. The minimum Gasteiger partial charge on any atom is -0.497 e. The molecule has 0 atom stereocenters. The average molecular weight is 227 g/mol. The van der Waals surface area contributed by atoms with Crippen LogP contribution in [0.5, 0.6) is 11.5 Å². The highest BCUT2D eigenvalue weighted by atomic mass is 16.5. The second-order valence-corrected chi connectivity index (χ2v) is 3.25. The van der Waals surface area contributed by atoms with Crippen LogP contribution in [0.1, 0.15) is 11.1 Å². The summed E-state index contributed by atoms with van der Waals surface area (Å²) in [5, 5.41) is 8.75. The Balaban J connectivity index is 3.16. The molecule has 5 nitrogen and oxygen atoms in total. The number of hydrogen-bond acceptors (Lipinski definition) is 5. The molecule has 0 aliphatic carbocycles. The number of methoxy groups -OCH3 is 3. The fourth-order valence-electron chi connectivity index (χ4n) is 1.58. The zero-order chi connectivity index (χ0) is 12.0. The van der Waals surface area contributed by atoms with Gasteiger partial charge in [-0.2, -0.15) is 0 Å². The van der Waals surface area contributed by atoms with Gasteiger partial charge < -0.3 is 19.4 Å². The molecule has 0 amide bonds. The van der Waals surface area contributed by atoms with Gasteiger partial charge in [-0.25, -0.2) is 5.48 Å². The van der Waals surface area contributed by atoms with Crippen LogP contribution in [0.25, 0.3) is 0 Å². The van der Waals surface area contributed by atoms with E-state index in [0.29, 0.717) is 18.1 Å². The highest BCUT2D eigenvalue weighted by Gasteiger charge is 2.11. The molecule has 0 aliphatic rings. The molecule has 2 N–H and O–H groups in total. The van der Waals surface area contributed by atoms with E-state index in [0.717, 1.165) is 11.1 Å². The summed E-state index contributed by atoms with van der Waals surface area (Å²) in [5.41, 5.74) is 3.80. The molecular formula is C11H17NO4. The highest BCUT2D eigenvalue weighted by Crippen LogP contribution is 2.29. The van der Waals surface area contributed by atoms with Crippen LogP contribution in [0.15, 0.2) is 12.1 Å². The van der Waals surface area contributed by atoms with Gasteiger partial charge in [-0.3, -0.25) is 0 Å². The van der Waals surface area contributed by atoms with E-state index in [-0.39, 0.29) is 6.54 Å². The monoisotopic (exact) mass is 227 g/mol. The van der Waals surface area contributed by atoms with E-state index in [1.54, 1.807) is 27.4 Å². The first-order chi connectivity index (χ1) is 7.76. The number of rotatable bonds is 6. The lowest BCUT2D eigenvalue weighted by molar-refractivity contribution is 0.159. The zero-order valence-corrected chi connectivity index (χ0v) is 9.74. The molecule has 1 aromatic carbocycles. The first kappa shape index (κ1) is 12.8. The number of ether oxygens (including phenoxy) is 3. The Labute approximate surface area is 94.9 Å². The molecule has 0 radical (unpaired) electrons.